The Kier molecular flexibility index (Phi) is 4.71. The van der Waals surface area contributed by atoms with Crippen molar-refractivity contribution in [2.75, 3.05) is 12.4 Å². The maximum atomic E-state index is 12.1. The van der Waals surface area contributed by atoms with Gasteiger partial charge in [-0.1, -0.05) is 12.1 Å². The highest BCUT2D eigenvalue weighted by Crippen LogP contribution is 2.25. The number of nitrogens with zero attached hydrogens (tertiary/aromatic N) is 1. The van der Waals surface area contributed by atoms with Gasteiger partial charge in [-0.05, 0) is 18.2 Å². The average molecular weight is 355 g/mol. The SMILES string of the molecule is COC(=O)c1ccc(-c2csc(NC(=O)c3ccc(=O)[nH]c3)n2)cc1. The summed E-state index contributed by atoms with van der Waals surface area (Å²) in [6.45, 7) is 0. The Hall–Kier alpha value is -3.26. The lowest BCUT2D eigenvalue weighted by Crippen LogP contribution is -2.14. The minimum Gasteiger partial charge on any atom is -0.465 e. The number of pyridine rings is 1. The van der Waals surface area contributed by atoms with Gasteiger partial charge in [-0.15, -0.1) is 11.3 Å². The Morgan fingerprint density at radius 3 is 2.48 bits per heavy atom. The van der Waals surface area contributed by atoms with E-state index in [0.717, 1.165) is 5.56 Å². The van der Waals surface area contributed by atoms with Crippen LogP contribution in [-0.4, -0.2) is 29.0 Å². The summed E-state index contributed by atoms with van der Waals surface area (Å²) < 4.78 is 4.66. The van der Waals surface area contributed by atoms with E-state index < -0.39 is 5.97 Å². The van der Waals surface area contributed by atoms with Gasteiger partial charge in [0.2, 0.25) is 5.56 Å². The van der Waals surface area contributed by atoms with E-state index >= 15 is 0 Å². The second kappa shape index (κ2) is 7.10. The molecule has 2 N–H and O–H groups in total. The second-order valence-corrected chi connectivity index (χ2v) is 5.86. The Bertz CT molecular complexity index is 956. The van der Waals surface area contributed by atoms with Crippen LogP contribution in [0.5, 0.6) is 0 Å². The Morgan fingerprint density at radius 2 is 1.84 bits per heavy atom. The summed E-state index contributed by atoms with van der Waals surface area (Å²) in [7, 11) is 1.33. The standard InChI is InChI=1S/C17H13N3O4S/c1-24-16(23)11-4-2-10(3-5-11)13-9-25-17(19-13)20-15(22)12-6-7-14(21)18-8-12/h2-9H,1H3,(H,18,21)(H,19,20,22). The van der Waals surface area contributed by atoms with Gasteiger partial charge >= 0.3 is 5.97 Å². The fraction of sp³-hybridized carbons (Fsp3) is 0.0588. The van der Waals surface area contributed by atoms with E-state index in [2.05, 4.69) is 20.0 Å². The number of aromatic amines is 1. The molecule has 7 nitrogen and oxygen atoms in total. The monoisotopic (exact) mass is 355 g/mol. The molecule has 1 aromatic carbocycles. The predicted molar refractivity (Wildman–Crippen MR) is 93.9 cm³/mol. The predicted octanol–water partition coefficient (Wildman–Crippen LogP) is 2.54. The Morgan fingerprint density at radius 1 is 1.12 bits per heavy atom. The third kappa shape index (κ3) is 3.81. The normalized spacial score (nSPS) is 10.3. The number of carbonyl (C=O) groups is 2. The fourth-order valence-corrected chi connectivity index (χ4v) is 2.79. The fourth-order valence-electron chi connectivity index (χ4n) is 2.08. The summed E-state index contributed by atoms with van der Waals surface area (Å²) in [4.78, 5) is 41.4. The number of esters is 1. The summed E-state index contributed by atoms with van der Waals surface area (Å²) in [6.07, 6.45) is 1.34. The van der Waals surface area contributed by atoms with Crippen molar-refractivity contribution < 1.29 is 14.3 Å². The minimum atomic E-state index is -0.404. The number of methoxy groups -OCH3 is 1. The number of aromatic nitrogens is 2. The van der Waals surface area contributed by atoms with Crippen molar-refractivity contribution in [1.29, 1.82) is 0 Å². The van der Waals surface area contributed by atoms with Gasteiger partial charge in [0.25, 0.3) is 5.91 Å². The number of hydrogen-bond donors (Lipinski definition) is 2. The molecule has 1 amide bonds. The van der Waals surface area contributed by atoms with E-state index in [1.807, 2.05) is 0 Å². The van der Waals surface area contributed by atoms with Crippen molar-refractivity contribution in [3.05, 3.63) is 69.5 Å². The topological polar surface area (TPSA) is 101 Å². The van der Waals surface area contributed by atoms with Crippen LogP contribution in [0.4, 0.5) is 5.13 Å². The summed E-state index contributed by atoms with van der Waals surface area (Å²) in [5.41, 5.74) is 2.00. The number of thiazole rings is 1. The van der Waals surface area contributed by atoms with Crippen molar-refractivity contribution in [2.45, 2.75) is 0 Å². The molecule has 0 fully saturated rings. The van der Waals surface area contributed by atoms with Crippen molar-refractivity contribution in [3.8, 4) is 11.3 Å². The third-order valence-corrected chi connectivity index (χ3v) is 4.13. The van der Waals surface area contributed by atoms with Gasteiger partial charge in [0, 0.05) is 23.2 Å². The lowest BCUT2D eigenvalue weighted by atomic mass is 10.1. The molecule has 0 saturated carbocycles. The summed E-state index contributed by atoms with van der Waals surface area (Å²) >= 11 is 1.28. The Labute approximate surface area is 146 Å². The lowest BCUT2D eigenvalue weighted by Gasteiger charge is -2.01. The number of anilines is 1. The molecule has 2 aromatic heterocycles. The van der Waals surface area contributed by atoms with Gasteiger partial charge in [-0.3, -0.25) is 14.9 Å². The number of ether oxygens (including phenoxy) is 1. The largest absolute Gasteiger partial charge is 0.465 e. The number of rotatable bonds is 4. The van der Waals surface area contributed by atoms with Crippen LogP contribution in [0.3, 0.4) is 0 Å². The molecule has 0 atom stereocenters. The first-order valence-electron chi connectivity index (χ1n) is 7.21. The van der Waals surface area contributed by atoms with Crippen LogP contribution in [0.15, 0.2) is 52.8 Å². The number of carbonyl (C=O) groups excluding carboxylic acids is 2. The van der Waals surface area contributed by atoms with Crippen molar-refractivity contribution >= 4 is 28.3 Å². The molecular weight excluding hydrogens is 342 g/mol. The molecule has 0 aliphatic heterocycles. The molecule has 3 rings (SSSR count). The lowest BCUT2D eigenvalue weighted by molar-refractivity contribution is 0.0600. The summed E-state index contributed by atoms with van der Waals surface area (Å²) in [5, 5.41) is 4.91. The van der Waals surface area contributed by atoms with Crippen molar-refractivity contribution in [3.63, 3.8) is 0 Å². The maximum Gasteiger partial charge on any atom is 0.337 e. The number of H-pyrrole nitrogens is 1. The Balaban J connectivity index is 1.73. The third-order valence-electron chi connectivity index (χ3n) is 3.37. The van der Waals surface area contributed by atoms with E-state index in [1.54, 1.807) is 29.6 Å². The van der Waals surface area contributed by atoms with Crippen LogP contribution in [0.25, 0.3) is 11.3 Å². The summed E-state index contributed by atoms with van der Waals surface area (Å²) in [5.74, 6) is -0.767. The molecule has 25 heavy (non-hydrogen) atoms. The molecule has 2 heterocycles. The first-order chi connectivity index (χ1) is 12.1. The molecule has 3 aromatic rings. The smallest absolute Gasteiger partial charge is 0.337 e. The van der Waals surface area contributed by atoms with Gasteiger partial charge in [0.05, 0.1) is 23.9 Å². The van der Waals surface area contributed by atoms with Crippen LogP contribution in [0.2, 0.25) is 0 Å². The molecule has 0 spiro atoms. The molecule has 0 aliphatic rings. The van der Waals surface area contributed by atoms with Gasteiger partial charge in [-0.2, -0.15) is 0 Å². The number of benzene rings is 1. The van der Waals surface area contributed by atoms with Crippen LogP contribution >= 0.6 is 11.3 Å². The maximum absolute atomic E-state index is 12.1. The molecule has 0 unspecified atom stereocenters. The zero-order valence-corrected chi connectivity index (χ0v) is 13.9. The highest BCUT2D eigenvalue weighted by molar-refractivity contribution is 7.14. The average Bonchev–Trinajstić information content (AvgIpc) is 3.10. The zero-order chi connectivity index (χ0) is 17.8. The molecule has 126 valence electrons. The van der Waals surface area contributed by atoms with Crippen molar-refractivity contribution in [2.24, 2.45) is 0 Å². The first-order valence-corrected chi connectivity index (χ1v) is 8.09. The highest BCUT2D eigenvalue weighted by Gasteiger charge is 2.11. The van der Waals surface area contributed by atoms with E-state index in [4.69, 9.17) is 0 Å². The van der Waals surface area contributed by atoms with Crippen LogP contribution in [-0.2, 0) is 4.74 Å². The van der Waals surface area contributed by atoms with E-state index in [1.165, 1.54) is 36.8 Å². The molecule has 0 saturated heterocycles. The first kappa shape index (κ1) is 16.6. The molecular formula is C17H13N3O4S. The highest BCUT2D eigenvalue weighted by atomic mass is 32.1. The van der Waals surface area contributed by atoms with Crippen LogP contribution < -0.4 is 10.9 Å². The van der Waals surface area contributed by atoms with Crippen molar-refractivity contribution in [1.82, 2.24) is 9.97 Å². The van der Waals surface area contributed by atoms with Crippen LogP contribution in [0.1, 0.15) is 20.7 Å². The minimum absolute atomic E-state index is 0.275. The van der Waals surface area contributed by atoms with Gasteiger partial charge in [0.1, 0.15) is 0 Å². The number of hydrogen-bond acceptors (Lipinski definition) is 6. The number of nitrogens with one attached hydrogen (secondary N) is 2. The summed E-state index contributed by atoms with van der Waals surface area (Å²) in [6, 6.07) is 9.54. The molecule has 0 aliphatic carbocycles. The quantitative estimate of drug-likeness (QED) is 0.700. The van der Waals surface area contributed by atoms with E-state index in [-0.39, 0.29) is 11.5 Å². The molecule has 0 radical (unpaired) electrons. The van der Waals surface area contributed by atoms with E-state index in [0.29, 0.717) is 22.0 Å². The van der Waals surface area contributed by atoms with Gasteiger partial charge < -0.3 is 9.72 Å². The molecule has 0 bridgehead atoms. The molecule has 8 heteroatoms. The second-order valence-electron chi connectivity index (χ2n) is 5.00. The van der Waals surface area contributed by atoms with Crippen LogP contribution in [0, 0.1) is 0 Å². The zero-order valence-electron chi connectivity index (χ0n) is 13.1. The number of amides is 1. The van der Waals surface area contributed by atoms with Gasteiger partial charge in [0.15, 0.2) is 5.13 Å². The van der Waals surface area contributed by atoms with E-state index in [9.17, 15) is 14.4 Å². The van der Waals surface area contributed by atoms with Gasteiger partial charge in [-0.25, -0.2) is 9.78 Å².